The lowest BCUT2D eigenvalue weighted by molar-refractivity contribution is -0.136. The molecule has 0 N–H and O–H groups in total. The number of carbonyl (C=O) groups excluding carboxylic acids is 1. The van der Waals surface area contributed by atoms with Gasteiger partial charge in [0.15, 0.2) is 16.3 Å². The Morgan fingerprint density at radius 1 is 1.13 bits per heavy atom. The third kappa shape index (κ3) is 5.98. The predicted molar refractivity (Wildman–Crippen MR) is 156 cm³/mol. The highest BCUT2D eigenvalue weighted by molar-refractivity contribution is 9.11. The molecule has 4 rings (SSSR count). The maximum absolute atomic E-state index is 13.8. The molecule has 0 bridgehead atoms. The molecule has 1 aliphatic heterocycles. The van der Waals surface area contributed by atoms with E-state index >= 15 is 0 Å². The average Bonchev–Trinajstić information content (AvgIpc) is 3.23. The summed E-state index contributed by atoms with van der Waals surface area (Å²) in [6.45, 7) is 4.76. The van der Waals surface area contributed by atoms with E-state index in [2.05, 4.69) is 42.8 Å². The summed E-state index contributed by atoms with van der Waals surface area (Å²) in [6.07, 6.45) is 8.51. The Morgan fingerprint density at radius 2 is 1.82 bits per heavy atom. The molecule has 39 heavy (non-hydrogen) atoms. The smallest absolute Gasteiger partial charge is 0.337 e. The zero-order valence-corrected chi connectivity index (χ0v) is 25.3. The number of rotatable bonds is 9. The fourth-order valence-corrected chi connectivity index (χ4v) is 6.47. The van der Waals surface area contributed by atoms with Gasteiger partial charge >= 0.3 is 5.97 Å². The minimum absolute atomic E-state index is 0.119. The van der Waals surface area contributed by atoms with Crippen LogP contribution in [0.25, 0.3) is 6.08 Å². The molecule has 0 radical (unpaired) electrons. The Balaban J connectivity index is 1.87. The molecule has 0 amide bonds. The van der Waals surface area contributed by atoms with E-state index in [9.17, 15) is 9.59 Å². The van der Waals surface area contributed by atoms with Crippen molar-refractivity contribution in [1.82, 2.24) is 4.57 Å². The van der Waals surface area contributed by atoms with Gasteiger partial charge < -0.3 is 18.9 Å². The third-order valence-electron chi connectivity index (χ3n) is 5.63. The van der Waals surface area contributed by atoms with Crippen LogP contribution in [-0.4, -0.2) is 37.5 Å². The molecule has 2 heterocycles. The van der Waals surface area contributed by atoms with Crippen LogP contribution < -0.4 is 29.1 Å². The molecule has 0 spiro atoms. The Hall–Kier alpha value is -3.33. The van der Waals surface area contributed by atoms with E-state index in [1.807, 2.05) is 26.0 Å². The number of nitrogens with zero attached hydrogens (tertiary/aromatic N) is 2. The fourth-order valence-electron chi connectivity index (χ4n) is 4.05. The van der Waals surface area contributed by atoms with Gasteiger partial charge in [0.2, 0.25) is 0 Å². The molecule has 0 saturated heterocycles. The monoisotopic (exact) mass is 674 g/mol. The summed E-state index contributed by atoms with van der Waals surface area (Å²) in [6, 6.07) is 8.24. The molecular weight excluding hydrogens is 652 g/mol. The summed E-state index contributed by atoms with van der Waals surface area (Å²) >= 11 is 8.22. The Morgan fingerprint density at radius 3 is 2.46 bits per heavy atom. The van der Waals surface area contributed by atoms with Crippen molar-refractivity contribution < 1.29 is 23.7 Å². The van der Waals surface area contributed by atoms with Crippen LogP contribution in [0.5, 0.6) is 17.2 Å². The van der Waals surface area contributed by atoms with Gasteiger partial charge in [0.25, 0.3) is 5.56 Å². The quantitative estimate of drug-likeness (QED) is 0.248. The number of fused-ring (bicyclic) bond motifs is 1. The first-order chi connectivity index (χ1) is 18.8. The third-order valence-corrected chi connectivity index (χ3v) is 7.80. The summed E-state index contributed by atoms with van der Waals surface area (Å²) < 4.78 is 25.4. The van der Waals surface area contributed by atoms with Crippen LogP contribution in [0.2, 0.25) is 0 Å². The number of ether oxygens (including phenoxy) is 4. The van der Waals surface area contributed by atoms with E-state index in [-0.39, 0.29) is 17.7 Å². The van der Waals surface area contributed by atoms with Crippen LogP contribution in [-0.2, 0) is 9.53 Å². The van der Waals surface area contributed by atoms with Crippen LogP contribution in [0, 0.1) is 12.3 Å². The summed E-state index contributed by atoms with van der Waals surface area (Å²) in [7, 11) is 1.29. The molecular formula is C28H24Br2N2O6S. The van der Waals surface area contributed by atoms with Crippen molar-refractivity contribution in [3.05, 3.63) is 81.9 Å². The predicted octanol–water partition coefficient (Wildman–Crippen LogP) is 4.35. The Kier molecular flexibility index (Phi) is 9.32. The topological polar surface area (TPSA) is 88.3 Å². The van der Waals surface area contributed by atoms with Crippen molar-refractivity contribution in [1.29, 1.82) is 0 Å². The molecule has 0 aliphatic carbocycles. The molecule has 8 nitrogen and oxygen atoms in total. The first kappa shape index (κ1) is 28.7. The lowest BCUT2D eigenvalue weighted by atomic mass is 9.97. The van der Waals surface area contributed by atoms with Crippen molar-refractivity contribution in [3.8, 4) is 29.6 Å². The van der Waals surface area contributed by atoms with Crippen LogP contribution in [0.4, 0.5) is 0 Å². The van der Waals surface area contributed by atoms with Crippen LogP contribution in [0.3, 0.4) is 0 Å². The van der Waals surface area contributed by atoms with Crippen molar-refractivity contribution in [2.24, 2.45) is 4.99 Å². The summed E-state index contributed by atoms with van der Waals surface area (Å²) in [5.41, 5.74) is 1.32. The number of terminal acetylenes is 1. The highest BCUT2D eigenvalue weighted by Gasteiger charge is 2.31. The summed E-state index contributed by atoms with van der Waals surface area (Å²) in [5, 5.41) is 0. The highest BCUT2D eigenvalue weighted by Crippen LogP contribution is 2.36. The maximum Gasteiger partial charge on any atom is 0.337 e. The Bertz CT molecular complexity index is 1650. The van der Waals surface area contributed by atoms with Crippen molar-refractivity contribution >= 4 is 55.2 Å². The number of carbonyl (C=O) groups is 1. The number of methoxy groups -OCH3 is 1. The molecule has 0 fully saturated rings. The molecule has 0 unspecified atom stereocenters. The van der Waals surface area contributed by atoms with E-state index < -0.39 is 12.0 Å². The minimum Gasteiger partial charge on any atom is -0.490 e. The first-order valence-corrected chi connectivity index (χ1v) is 14.3. The van der Waals surface area contributed by atoms with Gasteiger partial charge in [-0.15, -0.1) is 6.42 Å². The standard InChI is InChI=1S/C28H24Br2N2O6S/c1-5-10-38-25-19(29)11-16(12-20(25)30)13-23-26(33)32-24(18(27(34)35-4)15-31-28(32)39-23)17-8-9-21(36-6-2)22(14-17)37-7-3/h1,8-9,11-15,24H,6-7,10H2,2-4H3/b23-13-/t24-/m0/s1. The van der Waals surface area contributed by atoms with Crippen molar-refractivity contribution in [3.63, 3.8) is 0 Å². The second kappa shape index (κ2) is 12.7. The SMILES string of the molecule is C#CCOc1c(Br)cc(/C=c2\sc3n(c2=O)[C@@H](c2ccc(OCC)c(OCC)c2)C(C(=O)OC)=CN=3)cc1Br. The molecule has 202 valence electrons. The second-order valence-corrected chi connectivity index (χ2v) is 10.8. The minimum atomic E-state index is -0.774. The zero-order chi connectivity index (χ0) is 28.1. The van der Waals surface area contributed by atoms with Gasteiger partial charge in [0.05, 0.1) is 45.4 Å². The largest absolute Gasteiger partial charge is 0.490 e. The van der Waals surface area contributed by atoms with Gasteiger partial charge in [-0.05, 0) is 87.2 Å². The van der Waals surface area contributed by atoms with Crippen LogP contribution in [0.15, 0.2) is 60.8 Å². The number of benzene rings is 2. The van der Waals surface area contributed by atoms with E-state index in [0.29, 0.717) is 54.3 Å². The second-order valence-electron chi connectivity index (χ2n) is 8.05. The van der Waals surface area contributed by atoms with Gasteiger partial charge in [0.1, 0.15) is 12.4 Å². The van der Waals surface area contributed by atoms with Gasteiger partial charge in [-0.2, -0.15) is 0 Å². The zero-order valence-electron chi connectivity index (χ0n) is 21.3. The molecule has 1 aliphatic rings. The van der Waals surface area contributed by atoms with E-state index in [1.54, 1.807) is 24.3 Å². The number of halogens is 2. The fraction of sp³-hybridized carbons (Fsp3) is 0.250. The highest BCUT2D eigenvalue weighted by atomic mass is 79.9. The van der Waals surface area contributed by atoms with E-state index in [4.69, 9.17) is 25.4 Å². The van der Waals surface area contributed by atoms with E-state index in [1.165, 1.54) is 29.2 Å². The summed E-state index contributed by atoms with van der Waals surface area (Å²) in [4.78, 5) is 31.4. The first-order valence-electron chi connectivity index (χ1n) is 11.9. The summed E-state index contributed by atoms with van der Waals surface area (Å²) in [5.74, 6) is 3.51. The molecule has 2 aromatic carbocycles. The molecule has 3 aromatic rings. The van der Waals surface area contributed by atoms with Crippen LogP contribution in [0.1, 0.15) is 31.0 Å². The number of hydrogen-bond donors (Lipinski definition) is 0. The molecule has 0 saturated carbocycles. The number of aromatic nitrogens is 1. The maximum atomic E-state index is 13.8. The lowest BCUT2D eigenvalue weighted by Gasteiger charge is -2.23. The number of thiazole rings is 1. The van der Waals surface area contributed by atoms with Gasteiger partial charge in [-0.1, -0.05) is 23.3 Å². The van der Waals surface area contributed by atoms with Crippen molar-refractivity contribution in [2.45, 2.75) is 19.9 Å². The van der Waals surface area contributed by atoms with E-state index in [0.717, 1.165) is 5.56 Å². The Labute approximate surface area is 245 Å². The van der Waals surface area contributed by atoms with Crippen molar-refractivity contribution in [2.75, 3.05) is 26.9 Å². The number of hydrogen-bond acceptors (Lipinski definition) is 8. The van der Waals surface area contributed by atoms with Gasteiger partial charge in [0, 0.05) is 6.20 Å². The van der Waals surface area contributed by atoms with Gasteiger partial charge in [-0.25, -0.2) is 9.79 Å². The van der Waals surface area contributed by atoms with Crippen LogP contribution >= 0.6 is 43.2 Å². The molecule has 11 heteroatoms. The lowest BCUT2D eigenvalue weighted by Crippen LogP contribution is -2.39. The normalized spacial score (nSPS) is 14.5. The van der Waals surface area contributed by atoms with Gasteiger partial charge in [-0.3, -0.25) is 9.36 Å². The number of esters is 1. The molecule has 1 aromatic heterocycles. The molecule has 1 atom stereocenters. The average molecular weight is 676 g/mol.